The van der Waals surface area contributed by atoms with Crippen molar-refractivity contribution in [2.45, 2.75) is 25.9 Å². The molecule has 1 aliphatic rings. The molecule has 1 aromatic rings. The first-order valence-electron chi connectivity index (χ1n) is 5.62. The lowest BCUT2D eigenvalue weighted by Gasteiger charge is -2.12. The molecular weight excluding hydrogens is 222 g/mol. The summed E-state index contributed by atoms with van der Waals surface area (Å²) in [5.74, 6) is -0.854. The summed E-state index contributed by atoms with van der Waals surface area (Å²) in [5, 5.41) is 9.00. The van der Waals surface area contributed by atoms with E-state index < -0.39 is 5.97 Å². The number of carboxylic acid groups (broad SMARTS) is 1. The number of carboxylic acids is 1. The van der Waals surface area contributed by atoms with Crippen LogP contribution < -0.4 is 4.74 Å². The van der Waals surface area contributed by atoms with Gasteiger partial charge in [0.25, 0.3) is 0 Å². The van der Waals surface area contributed by atoms with Crippen molar-refractivity contribution in [3.8, 4) is 5.88 Å². The number of hydrogen-bond donors (Lipinski definition) is 1. The maximum atomic E-state index is 11.0. The molecule has 0 spiro atoms. The molecule has 0 bridgehead atoms. The largest absolute Gasteiger partial charge is 0.477 e. The number of ether oxygens (including phenoxy) is 2. The molecule has 5 heteroatoms. The van der Waals surface area contributed by atoms with Gasteiger partial charge in [0.2, 0.25) is 5.88 Å². The minimum Gasteiger partial charge on any atom is -0.477 e. The lowest BCUT2D eigenvalue weighted by Crippen LogP contribution is -2.18. The summed E-state index contributed by atoms with van der Waals surface area (Å²) in [6, 6.07) is 3.16. The molecule has 1 fully saturated rings. The second kappa shape index (κ2) is 5.14. The molecule has 2 rings (SSSR count). The molecule has 1 saturated heterocycles. The van der Waals surface area contributed by atoms with E-state index >= 15 is 0 Å². The van der Waals surface area contributed by atoms with E-state index in [1.54, 1.807) is 13.0 Å². The second-order valence-corrected chi connectivity index (χ2v) is 4.06. The van der Waals surface area contributed by atoms with E-state index in [4.69, 9.17) is 14.6 Å². The van der Waals surface area contributed by atoms with Gasteiger partial charge in [0, 0.05) is 12.3 Å². The van der Waals surface area contributed by atoms with Crippen molar-refractivity contribution in [2.24, 2.45) is 0 Å². The first-order valence-corrected chi connectivity index (χ1v) is 5.62. The molecule has 92 valence electrons. The SMILES string of the molecule is Cc1ccc(C(=O)O)c(OCC2CCCO2)n1. The van der Waals surface area contributed by atoms with Crippen LogP contribution in [0, 0.1) is 6.92 Å². The third kappa shape index (κ3) is 2.94. The van der Waals surface area contributed by atoms with Crippen LogP contribution >= 0.6 is 0 Å². The van der Waals surface area contributed by atoms with Crippen LogP contribution in [0.2, 0.25) is 0 Å². The fourth-order valence-electron chi connectivity index (χ4n) is 1.75. The van der Waals surface area contributed by atoms with Crippen LogP contribution in [0.5, 0.6) is 5.88 Å². The summed E-state index contributed by atoms with van der Waals surface area (Å²) in [6.07, 6.45) is 2.04. The highest BCUT2D eigenvalue weighted by molar-refractivity contribution is 5.90. The third-order valence-electron chi connectivity index (χ3n) is 2.66. The molecule has 1 unspecified atom stereocenters. The van der Waals surface area contributed by atoms with E-state index in [-0.39, 0.29) is 17.5 Å². The Balaban J connectivity index is 2.07. The molecule has 0 radical (unpaired) electrons. The fraction of sp³-hybridized carbons (Fsp3) is 0.500. The summed E-state index contributed by atoms with van der Waals surface area (Å²) in [5.41, 5.74) is 0.825. The number of rotatable bonds is 4. The van der Waals surface area contributed by atoms with Gasteiger partial charge in [0.05, 0.1) is 6.10 Å². The van der Waals surface area contributed by atoms with E-state index in [0.29, 0.717) is 6.61 Å². The quantitative estimate of drug-likeness (QED) is 0.862. The Kier molecular flexibility index (Phi) is 3.58. The van der Waals surface area contributed by atoms with Crippen LogP contribution in [0.3, 0.4) is 0 Å². The van der Waals surface area contributed by atoms with E-state index in [2.05, 4.69) is 4.98 Å². The lowest BCUT2D eigenvalue weighted by molar-refractivity contribution is 0.0616. The third-order valence-corrected chi connectivity index (χ3v) is 2.66. The molecule has 2 heterocycles. The highest BCUT2D eigenvalue weighted by Gasteiger charge is 2.19. The van der Waals surface area contributed by atoms with Crippen LogP contribution in [0.15, 0.2) is 12.1 Å². The standard InChI is InChI=1S/C12H15NO4/c1-8-4-5-10(12(14)15)11(13-8)17-7-9-3-2-6-16-9/h4-5,9H,2-3,6-7H2,1H3,(H,14,15). The van der Waals surface area contributed by atoms with Gasteiger partial charge in [-0.05, 0) is 31.9 Å². The Hall–Kier alpha value is -1.62. The van der Waals surface area contributed by atoms with Crippen molar-refractivity contribution in [2.75, 3.05) is 13.2 Å². The Morgan fingerprint density at radius 2 is 2.47 bits per heavy atom. The van der Waals surface area contributed by atoms with Crippen molar-refractivity contribution < 1.29 is 19.4 Å². The number of aryl methyl sites for hydroxylation is 1. The summed E-state index contributed by atoms with van der Waals surface area (Å²) in [6.45, 7) is 2.91. The smallest absolute Gasteiger partial charge is 0.341 e. The molecule has 1 aromatic heterocycles. The Morgan fingerprint density at radius 3 is 3.12 bits per heavy atom. The van der Waals surface area contributed by atoms with Crippen molar-refractivity contribution >= 4 is 5.97 Å². The number of pyridine rings is 1. The molecule has 0 amide bonds. The highest BCUT2D eigenvalue weighted by Crippen LogP contribution is 2.18. The molecule has 1 N–H and O–H groups in total. The number of aromatic carboxylic acids is 1. The predicted molar refractivity (Wildman–Crippen MR) is 60.4 cm³/mol. The maximum Gasteiger partial charge on any atom is 0.341 e. The topological polar surface area (TPSA) is 68.7 Å². The van der Waals surface area contributed by atoms with Crippen LogP contribution in [0.4, 0.5) is 0 Å². The number of aromatic nitrogens is 1. The van der Waals surface area contributed by atoms with Gasteiger partial charge in [-0.15, -0.1) is 0 Å². The molecule has 0 saturated carbocycles. The first kappa shape index (κ1) is 11.9. The molecule has 17 heavy (non-hydrogen) atoms. The average Bonchev–Trinajstić information content (AvgIpc) is 2.78. The van der Waals surface area contributed by atoms with Gasteiger partial charge in [-0.2, -0.15) is 0 Å². The zero-order valence-corrected chi connectivity index (χ0v) is 9.68. The first-order chi connectivity index (χ1) is 8.16. The van der Waals surface area contributed by atoms with Crippen molar-refractivity contribution in [1.82, 2.24) is 4.98 Å². The Morgan fingerprint density at radius 1 is 1.65 bits per heavy atom. The number of hydrogen-bond acceptors (Lipinski definition) is 4. The van der Waals surface area contributed by atoms with Crippen LogP contribution in [-0.4, -0.2) is 35.4 Å². The maximum absolute atomic E-state index is 11.0. The second-order valence-electron chi connectivity index (χ2n) is 4.06. The van der Waals surface area contributed by atoms with Crippen LogP contribution in [0.1, 0.15) is 28.9 Å². The fourth-order valence-corrected chi connectivity index (χ4v) is 1.75. The minimum absolute atomic E-state index is 0.0546. The number of nitrogens with zero attached hydrogens (tertiary/aromatic N) is 1. The summed E-state index contributed by atoms with van der Waals surface area (Å²) < 4.78 is 10.9. The van der Waals surface area contributed by atoms with E-state index in [0.717, 1.165) is 25.1 Å². The van der Waals surface area contributed by atoms with Gasteiger partial charge in [0.1, 0.15) is 12.2 Å². The zero-order chi connectivity index (χ0) is 12.3. The lowest BCUT2D eigenvalue weighted by atomic mass is 10.2. The van der Waals surface area contributed by atoms with Gasteiger partial charge in [-0.3, -0.25) is 0 Å². The van der Waals surface area contributed by atoms with Crippen molar-refractivity contribution in [3.05, 3.63) is 23.4 Å². The highest BCUT2D eigenvalue weighted by atomic mass is 16.5. The van der Waals surface area contributed by atoms with Gasteiger partial charge >= 0.3 is 5.97 Å². The molecule has 0 aliphatic carbocycles. The normalized spacial score (nSPS) is 19.2. The van der Waals surface area contributed by atoms with Gasteiger partial charge < -0.3 is 14.6 Å². The molecular formula is C12H15NO4. The minimum atomic E-state index is -1.03. The van der Waals surface area contributed by atoms with Crippen LogP contribution in [-0.2, 0) is 4.74 Å². The van der Waals surface area contributed by atoms with Gasteiger partial charge in [-0.1, -0.05) is 0 Å². The monoisotopic (exact) mass is 237 g/mol. The molecule has 5 nitrogen and oxygen atoms in total. The summed E-state index contributed by atoms with van der Waals surface area (Å²) in [4.78, 5) is 15.1. The van der Waals surface area contributed by atoms with E-state index in [9.17, 15) is 4.79 Å². The summed E-state index contributed by atoms with van der Waals surface area (Å²) >= 11 is 0. The summed E-state index contributed by atoms with van der Waals surface area (Å²) in [7, 11) is 0. The van der Waals surface area contributed by atoms with Crippen molar-refractivity contribution in [1.29, 1.82) is 0 Å². The van der Waals surface area contributed by atoms with Gasteiger partial charge in [-0.25, -0.2) is 9.78 Å². The zero-order valence-electron chi connectivity index (χ0n) is 9.68. The molecule has 1 atom stereocenters. The Labute approximate surface area is 99.4 Å². The predicted octanol–water partition coefficient (Wildman–Crippen LogP) is 1.65. The molecule has 1 aliphatic heterocycles. The number of carbonyl (C=O) groups is 1. The van der Waals surface area contributed by atoms with E-state index in [1.165, 1.54) is 6.07 Å². The Bertz CT molecular complexity index is 413. The van der Waals surface area contributed by atoms with E-state index in [1.807, 2.05) is 0 Å². The molecule has 0 aromatic carbocycles. The van der Waals surface area contributed by atoms with Gasteiger partial charge in [0.15, 0.2) is 0 Å². The average molecular weight is 237 g/mol. The van der Waals surface area contributed by atoms with Crippen LogP contribution in [0.25, 0.3) is 0 Å². The van der Waals surface area contributed by atoms with Crippen molar-refractivity contribution in [3.63, 3.8) is 0 Å².